The third kappa shape index (κ3) is 3.85. The monoisotopic (exact) mass is 328 g/mol. The Labute approximate surface area is 148 Å². The molecule has 0 spiro atoms. The summed E-state index contributed by atoms with van der Waals surface area (Å²) in [7, 11) is 2.19. The summed E-state index contributed by atoms with van der Waals surface area (Å²) in [5.41, 5.74) is 4.93. The second kappa shape index (κ2) is 8.20. The fraction of sp³-hybridized carbons (Fsp3) is 0.636. The molecule has 1 aromatic heterocycles. The van der Waals surface area contributed by atoms with Crippen molar-refractivity contribution in [3.63, 3.8) is 0 Å². The quantitative estimate of drug-likeness (QED) is 0.712. The molecule has 0 N–H and O–H groups in total. The van der Waals surface area contributed by atoms with Gasteiger partial charge in [0.2, 0.25) is 0 Å². The summed E-state index contributed by atoms with van der Waals surface area (Å²) < 4.78 is 2.34. The molecule has 134 valence electrons. The Morgan fingerprint density at radius 2 is 1.71 bits per heavy atom. The van der Waals surface area contributed by atoms with Crippen molar-refractivity contribution >= 4 is 10.9 Å². The molecule has 0 bridgehead atoms. The van der Waals surface area contributed by atoms with E-state index in [-0.39, 0.29) is 0 Å². The maximum absolute atomic E-state index is 2.67. The molecule has 24 heavy (non-hydrogen) atoms. The van der Waals surface area contributed by atoms with Crippen LogP contribution in [-0.4, -0.2) is 29.1 Å². The van der Waals surface area contributed by atoms with Crippen LogP contribution in [0, 0.1) is 12.3 Å². The molecule has 2 aromatic rings. The predicted octanol–water partition coefficient (Wildman–Crippen LogP) is 5.57. The van der Waals surface area contributed by atoms with Gasteiger partial charge in [-0.15, -0.1) is 0 Å². The number of fused-ring (bicyclic) bond motifs is 1. The Morgan fingerprint density at radius 1 is 1.08 bits per heavy atom. The minimum atomic E-state index is 0.589. The van der Waals surface area contributed by atoms with Gasteiger partial charge in [-0.1, -0.05) is 52.3 Å². The molecule has 0 saturated carbocycles. The van der Waals surface area contributed by atoms with Gasteiger partial charge in [0.1, 0.15) is 0 Å². The molecule has 3 rings (SSSR count). The van der Waals surface area contributed by atoms with E-state index in [1.807, 2.05) is 13.8 Å². The minimum absolute atomic E-state index is 0.589. The van der Waals surface area contributed by atoms with Gasteiger partial charge in [-0.2, -0.15) is 0 Å². The zero-order chi connectivity index (χ0) is 17.7. The van der Waals surface area contributed by atoms with Crippen LogP contribution in [0.25, 0.3) is 10.9 Å². The van der Waals surface area contributed by atoms with Crippen molar-refractivity contribution in [2.75, 3.05) is 19.6 Å². The molecule has 0 amide bonds. The Morgan fingerprint density at radius 3 is 2.33 bits per heavy atom. The maximum Gasteiger partial charge on any atom is 0.0482 e. The number of hydrogen-bond acceptors (Lipinski definition) is 1. The van der Waals surface area contributed by atoms with Crippen LogP contribution in [0.4, 0.5) is 0 Å². The third-order valence-corrected chi connectivity index (χ3v) is 6.13. The van der Waals surface area contributed by atoms with Gasteiger partial charge in [0.25, 0.3) is 0 Å². The van der Waals surface area contributed by atoms with Crippen LogP contribution in [-0.2, 0) is 13.5 Å². The van der Waals surface area contributed by atoms with Crippen molar-refractivity contribution in [2.24, 2.45) is 12.5 Å². The third-order valence-electron chi connectivity index (χ3n) is 6.13. The van der Waals surface area contributed by atoms with E-state index < -0.39 is 0 Å². The second-order valence-corrected chi connectivity index (χ2v) is 7.40. The number of aryl methyl sites for hydroxylation is 1. The zero-order valence-corrected chi connectivity index (χ0v) is 16.7. The Hall–Kier alpha value is -1.28. The molecular weight excluding hydrogens is 292 g/mol. The summed E-state index contributed by atoms with van der Waals surface area (Å²) in [5.74, 6) is 0. The van der Waals surface area contributed by atoms with Crippen LogP contribution in [0.5, 0.6) is 0 Å². The Kier molecular flexibility index (Phi) is 6.51. The van der Waals surface area contributed by atoms with E-state index in [0.29, 0.717) is 5.41 Å². The number of aromatic nitrogens is 1. The normalized spacial score (nSPS) is 17.6. The van der Waals surface area contributed by atoms with Crippen LogP contribution in [0.3, 0.4) is 0 Å². The SMILES string of the molecule is CC.CCC1(C)CCN(CCc2c(C)n(C)c3ccccc23)CC1. The van der Waals surface area contributed by atoms with Crippen molar-refractivity contribution in [1.82, 2.24) is 9.47 Å². The molecule has 2 heteroatoms. The largest absolute Gasteiger partial charge is 0.348 e. The first-order valence-electron chi connectivity index (χ1n) is 9.79. The van der Waals surface area contributed by atoms with E-state index in [0.717, 1.165) is 0 Å². The van der Waals surface area contributed by atoms with Gasteiger partial charge in [0.15, 0.2) is 0 Å². The van der Waals surface area contributed by atoms with Gasteiger partial charge >= 0.3 is 0 Å². The van der Waals surface area contributed by atoms with Crippen molar-refractivity contribution in [2.45, 2.75) is 60.3 Å². The fourth-order valence-corrected chi connectivity index (χ4v) is 3.85. The number of para-hydroxylation sites is 1. The van der Waals surface area contributed by atoms with Crippen LogP contribution in [0.15, 0.2) is 24.3 Å². The Balaban J connectivity index is 0.00000100. The minimum Gasteiger partial charge on any atom is -0.348 e. The highest BCUT2D eigenvalue weighted by molar-refractivity contribution is 5.85. The summed E-state index contributed by atoms with van der Waals surface area (Å²) in [6, 6.07) is 8.82. The van der Waals surface area contributed by atoms with Crippen LogP contribution >= 0.6 is 0 Å². The van der Waals surface area contributed by atoms with E-state index in [1.54, 1.807) is 5.56 Å². The van der Waals surface area contributed by atoms with Crippen molar-refractivity contribution in [3.05, 3.63) is 35.5 Å². The first-order chi connectivity index (χ1) is 11.5. The lowest BCUT2D eigenvalue weighted by Gasteiger charge is -2.39. The van der Waals surface area contributed by atoms with Crippen LogP contribution in [0.2, 0.25) is 0 Å². The highest BCUT2D eigenvalue weighted by Crippen LogP contribution is 2.34. The van der Waals surface area contributed by atoms with E-state index >= 15 is 0 Å². The molecule has 0 radical (unpaired) electrons. The summed E-state index contributed by atoms with van der Waals surface area (Å²) in [4.78, 5) is 2.67. The highest BCUT2D eigenvalue weighted by atomic mass is 15.1. The molecular formula is C22H36N2. The molecule has 0 unspecified atom stereocenters. The summed E-state index contributed by atoms with van der Waals surface area (Å²) in [6.45, 7) is 14.8. The van der Waals surface area contributed by atoms with Gasteiger partial charge in [0.05, 0.1) is 0 Å². The van der Waals surface area contributed by atoms with Crippen LogP contribution in [0.1, 0.15) is 58.2 Å². The maximum atomic E-state index is 2.67. The summed E-state index contributed by atoms with van der Waals surface area (Å²) in [6.07, 6.45) is 5.22. The topological polar surface area (TPSA) is 8.17 Å². The lowest BCUT2D eigenvalue weighted by molar-refractivity contribution is 0.116. The zero-order valence-electron chi connectivity index (χ0n) is 16.7. The number of piperidine rings is 1. The lowest BCUT2D eigenvalue weighted by atomic mass is 9.78. The average Bonchev–Trinajstić information content (AvgIpc) is 2.88. The van der Waals surface area contributed by atoms with Gasteiger partial charge in [-0.3, -0.25) is 0 Å². The van der Waals surface area contributed by atoms with Gasteiger partial charge in [-0.25, -0.2) is 0 Å². The summed E-state index contributed by atoms with van der Waals surface area (Å²) >= 11 is 0. The second-order valence-electron chi connectivity index (χ2n) is 7.40. The molecule has 0 atom stereocenters. The molecule has 1 saturated heterocycles. The molecule has 0 aliphatic carbocycles. The van der Waals surface area contributed by atoms with E-state index in [9.17, 15) is 0 Å². The lowest BCUT2D eigenvalue weighted by Crippen LogP contribution is -2.39. The predicted molar refractivity (Wildman–Crippen MR) is 107 cm³/mol. The summed E-state index contributed by atoms with van der Waals surface area (Å²) in [5, 5.41) is 1.44. The first kappa shape index (κ1) is 19.1. The standard InChI is InChI=1S/C20H30N2.C2H6/c1-5-20(3)11-14-22(15-12-20)13-10-17-16(2)21(4)19-9-7-6-8-18(17)19;1-2/h6-9H,5,10-15H2,1-4H3;1-2H3. The van der Waals surface area contributed by atoms with Gasteiger partial charge < -0.3 is 9.47 Å². The number of hydrogen-bond donors (Lipinski definition) is 0. The van der Waals surface area contributed by atoms with E-state index in [1.165, 1.54) is 61.9 Å². The van der Waals surface area contributed by atoms with Crippen molar-refractivity contribution < 1.29 is 0 Å². The molecule has 1 aromatic carbocycles. The molecule has 1 fully saturated rings. The fourth-order valence-electron chi connectivity index (χ4n) is 3.85. The van der Waals surface area contributed by atoms with E-state index in [2.05, 4.69) is 61.6 Å². The van der Waals surface area contributed by atoms with Crippen molar-refractivity contribution in [3.8, 4) is 0 Å². The molecule has 1 aliphatic heterocycles. The molecule has 2 nitrogen and oxygen atoms in total. The van der Waals surface area contributed by atoms with Crippen molar-refractivity contribution in [1.29, 1.82) is 0 Å². The first-order valence-corrected chi connectivity index (χ1v) is 9.79. The van der Waals surface area contributed by atoms with Gasteiger partial charge in [0, 0.05) is 30.2 Å². The van der Waals surface area contributed by atoms with Gasteiger partial charge in [-0.05, 0) is 56.3 Å². The molecule has 2 heterocycles. The highest BCUT2D eigenvalue weighted by Gasteiger charge is 2.28. The number of rotatable bonds is 4. The number of benzene rings is 1. The number of nitrogens with zero attached hydrogens (tertiary/aromatic N) is 2. The number of likely N-dealkylation sites (tertiary alicyclic amines) is 1. The molecule has 1 aliphatic rings. The average molecular weight is 329 g/mol. The Bertz CT molecular complexity index is 645. The smallest absolute Gasteiger partial charge is 0.0482 e. The van der Waals surface area contributed by atoms with E-state index in [4.69, 9.17) is 0 Å². The van der Waals surface area contributed by atoms with Crippen LogP contribution < -0.4 is 0 Å².